The molecular formula is C19H24N4O2. The predicted octanol–water partition coefficient (Wildman–Crippen LogP) is 3.64. The Morgan fingerprint density at radius 1 is 1.20 bits per heavy atom. The fraction of sp³-hybridized carbons (Fsp3) is 0.421. The van der Waals surface area contributed by atoms with Crippen molar-refractivity contribution >= 4 is 11.9 Å². The molecule has 3 rings (SSSR count). The summed E-state index contributed by atoms with van der Waals surface area (Å²) >= 11 is 0. The molecule has 0 radical (unpaired) electrons. The highest BCUT2D eigenvalue weighted by Crippen LogP contribution is 2.35. The Morgan fingerprint density at radius 2 is 1.88 bits per heavy atom. The van der Waals surface area contributed by atoms with Gasteiger partial charge in [0.25, 0.3) is 0 Å². The zero-order chi connectivity index (χ0) is 18.1. The zero-order valence-corrected chi connectivity index (χ0v) is 15.3. The molecule has 6 heteroatoms. The molecule has 0 saturated heterocycles. The topological polar surface area (TPSA) is 69.0 Å². The molecule has 2 heterocycles. The van der Waals surface area contributed by atoms with Crippen LogP contribution in [0.3, 0.4) is 0 Å². The molecule has 0 amide bonds. The summed E-state index contributed by atoms with van der Waals surface area (Å²) in [5, 5.41) is 7.46. The third-order valence-electron chi connectivity index (χ3n) is 4.28. The molecule has 0 saturated carbocycles. The first-order valence-corrected chi connectivity index (χ1v) is 8.56. The molecule has 1 atom stereocenters. The highest BCUT2D eigenvalue weighted by atomic mass is 16.5. The lowest BCUT2D eigenvalue weighted by Gasteiger charge is -2.28. The average molecular weight is 340 g/mol. The minimum absolute atomic E-state index is 0.186. The highest BCUT2D eigenvalue weighted by Gasteiger charge is 2.34. The van der Waals surface area contributed by atoms with Crippen molar-refractivity contribution in [1.29, 1.82) is 0 Å². The molecule has 1 aliphatic heterocycles. The summed E-state index contributed by atoms with van der Waals surface area (Å²) in [4.78, 5) is 17.0. The smallest absolute Gasteiger partial charge is 0.338 e. The molecule has 0 spiro atoms. The van der Waals surface area contributed by atoms with E-state index >= 15 is 0 Å². The van der Waals surface area contributed by atoms with Gasteiger partial charge in [0.15, 0.2) is 0 Å². The van der Waals surface area contributed by atoms with Crippen molar-refractivity contribution < 1.29 is 9.53 Å². The van der Waals surface area contributed by atoms with Gasteiger partial charge in [0.2, 0.25) is 5.95 Å². The van der Waals surface area contributed by atoms with Crippen molar-refractivity contribution in [2.45, 2.75) is 52.7 Å². The Hall–Kier alpha value is -2.63. The summed E-state index contributed by atoms with van der Waals surface area (Å²) in [6.07, 6.45) is 1.30. The number of rotatable bonds is 4. The van der Waals surface area contributed by atoms with Crippen LogP contribution in [0.5, 0.6) is 0 Å². The fourth-order valence-corrected chi connectivity index (χ4v) is 3.00. The van der Waals surface area contributed by atoms with E-state index in [-0.39, 0.29) is 18.1 Å². The molecule has 2 aromatic rings. The van der Waals surface area contributed by atoms with Gasteiger partial charge in [0, 0.05) is 5.70 Å². The van der Waals surface area contributed by atoms with Crippen LogP contribution in [-0.4, -0.2) is 26.8 Å². The van der Waals surface area contributed by atoms with Crippen LogP contribution in [0.4, 0.5) is 5.95 Å². The van der Waals surface area contributed by atoms with Gasteiger partial charge in [-0.15, -0.1) is 0 Å². The van der Waals surface area contributed by atoms with Crippen molar-refractivity contribution in [3.63, 3.8) is 0 Å². The van der Waals surface area contributed by atoms with E-state index in [0.29, 0.717) is 17.4 Å². The van der Waals surface area contributed by atoms with Crippen LogP contribution < -0.4 is 5.32 Å². The van der Waals surface area contributed by atoms with Gasteiger partial charge in [-0.05, 0) is 37.8 Å². The molecule has 0 fully saturated rings. The maximum Gasteiger partial charge on any atom is 0.338 e. The summed E-state index contributed by atoms with van der Waals surface area (Å²) in [5.41, 5.74) is 3.53. The predicted molar refractivity (Wildman–Crippen MR) is 96.2 cm³/mol. The number of nitrogens with one attached hydrogen (secondary N) is 1. The Labute approximate surface area is 147 Å². The molecule has 0 bridgehead atoms. The Balaban J connectivity index is 2.07. The van der Waals surface area contributed by atoms with Crippen molar-refractivity contribution in [1.82, 2.24) is 14.8 Å². The number of hydrogen-bond acceptors (Lipinski definition) is 5. The first-order chi connectivity index (χ1) is 11.9. The van der Waals surface area contributed by atoms with E-state index < -0.39 is 0 Å². The van der Waals surface area contributed by atoms with E-state index in [1.807, 2.05) is 32.9 Å². The van der Waals surface area contributed by atoms with Gasteiger partial charge in [-0.2, -0.15) is 10.1 Å². The number of aromatic nitrogens is 3. The average Bonchev–Trinajstić information content (AvgIpc) is 3.00. The van der Waals surface area contributed by atoms with Crippen LogP contribution >= 0.6 is 0 Å². The standard InChI is InChI=1S/C19H24N4O2/c1-11(2)14-6-8-15(9-7-14)17-16(18(24)25-12(3)4)13(5)22-19-20-10-21-23(17)19/h6-12,17H,1-5H3,(H,20,21,22)/t17-/m1/s1. The van der Waals surface area contributed by atoms with Crippen LogP contribution in [0.1, 0.15) is 57.7 Å². The molecule has 6 nitrogen and oxygen atoms in total. The van der Waals surface area contributed by atoms with Gasteiger partial charge in [-0.3, -0.25) is 0 Å². The third kappa shape index (κ3) is 3.29. The number of benzene rings is 1. The van der Waals surface area contributed by atoms with E-state index in [1.54, 1.807) is 4.68 Å². The van der Waals surface area contributed by atoms with Gasteiger partial charge < -0.3 is 10.1 Å². The van der Waals surface area contributed by atoms with Crippen molar-refractivity contribution in [3.8, 4) is 0 Å². The summed E-state index contributed by atoms with van der Waals surface area (Å²) in [6.45, 7) is 9.87. The first-order valence-electron chi connectivity index (χ1n) is 8.56. The second kappa shape index (κ2) is 6.70. The minimum atomic E-state index is -0.355. The van der Waals surface area contributed by atoms with Crippen LogP contribution in [0.25, 0.3) is 0 Å². The van der Waals surface area contributed by atoms with Gasteiger partial charge in [0.1, 0.15) is 12.4 Å². The number of fused-ring (bicyclic) bond motifs is 1. The molecule has 25 heavy (non-hydrogen) atoms. The van der Waals surface area contributed by atoms with Crippen molar-refractivity contribution in [3.05, 3.63) is 53.0 Å². The number of carbonyl (C=O) groups is 1. The molecule has 1 aliphatic rings. The SMILES string of the molecule is CC1=C(C(=O)OC(C)C)[C@@H](c2ccc(C(C)C)cc2)n2ncnc2N1. The maximum absolute atomic E-state index is 12.7. The van der Waals surface area contributed by atoms with Crippen LogP contribution in [0.2, 0.25) is 0 Å². The lowest BCUT2D eigenvalue weighted by Crippen LogP contribution is -2.30. The lowest BCUT2D eigenvalue weighted by molar-refractivity contribution is -0.143. The van der Waals surface area contributed by atoms with E-state index in [4.69, 9.17) is 4.74 Å². The maximum atomic E-state index is 12.7. The summed E-state index contributed by atoms with van der Waals surface area (Å²) in [5.74, 6) is 0.738. The quantitative estimate of drug-likeness (QED) is 0.861. The van der Waals surface area contributed by atoms with E-state index in [0.717, 1.165) is 11.3 Å². The largest absolute Gasteiger partial charge is 0.459 e. The Kier molecular flexibility index (Phi) is 4.61. The van der Waals surface area contributed by atoms with Gasteiger partial charge in [-0.1, -0.05) is 38.1 Å². The molecule has 1 N–H and O–H groups in total. The summed E-state index contributed by atoms with van der Waals surface area (Å²) in [6, 6.07) is 7.93. The molecule has 0 aliphatic carbocycles. The van der Waals surface area contributed by atoms with Gasteiger partial charge in [-0.25, -0.2) is 9.48 Å². The van der Waals surface area contributed by atoms with Crippen molar-refractivity contribution in [2.24, 2.45) is 0 Å². The molecule has 0 unspecified atom stereocenters. The number of allylic oxidation sites excluding steroid dienone is 1. The van der Waals surface area contributed by atoms with E-state index in [9.17, 15) is 4.79 Å². The lowest BCUT2D eigenvalue weighted by atomic mass is 9.93. The summed E-state index contributed by atoms with van der Waals surface area (Å²) < 4.78 is 7.20. The zero-order valence-electron chi connectivity index (χ0n) is 15.3. The van der Waals surface area contributed by atoms with E-state index in [2.05, 4.69) is 41.4 Å². The first kappa shape index (κ1) is 17.2. The fourth-order valence-electron chi connectivity index (χ4n) is 3.00. The van der Waals surface area contributed by atoms with E-state index in [1.165, 1.54) is 11.9 Å². The normalized spacial score (nSPS) is 16.8. The van der Waals surface area contributed by atoms with Gasteiger partial charge >= 0.3 is 5.97 Å². The van der Waals surface area contributed by atoms with Gasteiger partial charge in [0.05, 0.1) is 11.7 Å². The Morgan fingerprint density at radius 3 is 2.48 bits per heavy atom. The number of carbonyl (C=O) groups excluding carboxylic acids is 1. The van der Waals surface area contributed by atoms with Crippen LogP contribution in [0.15, 0.2) is 41.9 Å². The Bertz CT molecular complexity index is 803. The van der Waals surface area contributed by atoms with Crippen molar-refractivity contribution in [2.75, 3.05) is 5.32 Å². The summed E-state index contributed by atoms with van der Waals surface area (Å²) in [7, 11) is 0. The number of esters is 1. The minimum Gasteiger partial charge on any atom is -0.459 e. The second-order valence-corrected chi connectivity index (χ2v) is 6.87. The molecular weight excluding hydrogens is 316 g/mol. The monoisotopic (exact) mass is 340 g/mol. The number of ether oxygens (including phenoxy) is 1. The highest BCUT2D eigenvalue weighted by molar-refractivity contribution is 5.92. The third-order valence-corrected chi connectivity index (χ3v) is 4.28. The molecule has 132 valence electrons. The number of nitrogens with zero attached hydrogens (tertiary/aromatic N) is 3. The van der Waals surface area contributed by atoms with Crippen LogP contribution in [0, 0.1) is 0 Å². The molecule has 1 aromatic heterocycles. The second-order valence-electron chi connectivity index (χ2n) is 6.87. The number of hydrogen-bond donors (Lipinski definition) is 1. The molecule has 1 aromatic carbocycles. The van der Waals surface area contributed by atoms with Crippen LogP contribution in [-0.2, 0) is 9.53 Å². The number of anilines is 1.